The summed E-state index contributed by atoms with van der Waals surface area (Å²) in [5.74, 6) is -0.166. The number of hydrogen-bond acceptors (Lipinski definition) is 3. The Hall–Kier alpha value is -2.27. The summed E-state index contributed by atoms with van der Waals surface area (Å²) in [4.78, 5) is 18.4. The van der Waals surface area contributed by atoms with Gasteiger partial charge in [-0.25, -0.2) is 5.43 Å². The van der Waals surface area contributed by atoms with Gasteiger partial charge in [0.15, 0.2) is 0 Å². The van der Waals surface area contributed by atoms with E-state index in [-0.39, 0.29) is 5.91 Å². The van der Waals surface area contributed by atoms with Crippen molar-refractivity contribution in [3.63, 3.8) is 0 Å². The number of carbonyl (C=O) groups excluding carboxylic acids is 1. The quantitative estimate of drug-likeness (QED) is 0.811. The summed E-state index contributed by atoms with van der Waals surface area (Å²) in [6.07, 6.45) is 1.89. The smallest absolute Gasteiger partial charge is 0.272 e. The lowest BCUT2D eigenvalue weighted by Gasteiger charge is -2.20. The number of hydrogen-bond donors (Lipinski definition) is 2. The first kappa shape index (κ1) is 14.7. The fourth-order valence-electron chi connectivity index (χ4n) is 2.76. The molecule has 3 rings (SSSR count). The Balaban J connectivity index is 1.82. The molecule has 0 aliphatic carbocycles. The van der Waals surface area contributed by atoms with Gasteiger partial charge in [-0.3, -0.25) is 9.78 Å². The molecule has 1 fully saturated rings. The molecule has 0 saturated carbocycles. The van der Waals surface area contributed by atoms with Gasteiger partial charge in [0.25, 0.3) is 5.91 Å². The average molecular weight is 297 g/mol. The third-order valence-corrected chi connectivity index (χ3v) is 4.09. The summed E-state index contributed by atoms with van der Waals surface area (Å²) in [5.41, 5.74) is 6.09. The number of piperidine rings is 1. The zero-order chi connectivity index (χ0) is 15.5. The molecule has 5 nitrogen and oxygen atoms in total. The van der Waals surface area contributed by atoms with Gasteiger partial charge >= 0.3 is 0 Å². The van der Waals surface area contributed by atoms with E-state index >= 15 is 0 Å². The Bertz CT molecular complexity index is 729. The zero-order valence-electron chi connectivity index (χ0n) is 13.0. The topological polar surface area (TPSA) is 58.8 Å². The highest BCUT2D eigenvalue weighted by atomic mass is 16.2. The van der Waals surface area contributed by atoms with Gasteiger partial charge in [0, 0.05) is 29.6 Å². The predicted octanol–water partition coefficient (Wildman–Crippen LogP) is 0.938. The van der Waals surface area contributed by atoms with Crippen molar-refractivity contribution < 1.29 is 9.69 Å². The molecule has 114 valence electrons. The Morgan fingerprint density at radius 3 is 2.77 bits per heavy atom. The van der Waals surface area contributed by atoms with Crippen molar-refractivity contribution >= 4 is 22.5 Å². The zero-order valence-corrected chi connectivity index (χ0v) is 13.0. The van der Waals surface area contributed by atoms with Crippen molar-refractivity contribution in [3.05, 3.63) is 41.6 Å². The molecule has 1 aromatic carbocycles. The minimum absolute atomic E-state index is 0.166. The van der Waals surface area contributed by atoms with Crippen LogP contribution in [0.15, 0.2) is 35.4 Å². The highest BCUT2D eigenvalue weighted by molar-refractivity contribution is 6.06. The first-order valence-electron chi connectivity index (χ1n) is 7.67. The first-order chi connectivity index (χ1) is 10.6. The maximum atomic E-state index is 12.5. The van der Waals surface area contributed by atoms with E-state index in [4.69, 9.17) is 0 Å². The molecule has 22 heavy (non-hydrogen) atoms. The molecule has 2 heterocycles. The highest BCUT2D eigenvalue weighted by Crippen LogP contribution is 2.18. The van der Waals surface area contributed by atoms with Crippen molar-refractivity contribution in [1.82, 2.24) is 10.4 Å². The van der Waals surface area contributed by atoms with Crippen molar-refractivity contribution in [3.8, 4) is 0 Å². The monoisotopic (exact) mass is 297 g/mol. The Labute approximate surface area is 130 Å². The van der Waals surface area contributed by atoms with Crippen LogP contribution in [-0.4, -0.2) is 36.7 Å². The number of pyridine rings is 1. The normalized spacial score (nSPS) is 18.3. The number of likely N-dealkylation sites (tertiary alicyclic amines) is 1. The summed E-state index contributed by atoms with van der Waals surface area (Å²) < 4.78 is 0. The van der Waals surface area contributed by atoms with Gasteiger partial charge in [0.05, 0.1) is 31.2 Å². The van der Waals surface area contributed by atoms with Crippen LogP contribution in [0.1, 0.15) is 28.9 Å². The molecular weight excluding hydrogens is 276 g/mol. The molecule has 0 atom stereocenters. The van der Waals surface area contributed by atoms with Crippen LogP contribution >= 0.6 is 0 Å². The van der Waals surface area contributed by atoms with Crippen LogP contribution in [0.4, 0.5) is 0 Å². The second-order valence-electron chi connectivity index (χ2n) is 5.90. The fraction of sp³-hybridized carbons (Fsp3) is 0.353. The molecule has 1 saturated heterocycles. The minimum Gasteiger partial charge on any atom is -0.337 e. The van der Waals surface area contributed by atoms with E-state index < -0.39 is 0 Å². The Kier molecular flexibility index (Phi) is 4.15. The van der Waals surface area contributed by atoms with E-state index in [9.17, 15) is 4.79 Å². The van der Waals surface area contributed by atoms with Gasteiger partial charge in [0.2, 0.25) is 0 Å². The van der Waals surface area contributed by atoms with Crippen LogP contribution < -0.4 is 10.3 Å². The second-order valence-corrected chi connectivity index (χ2v) is 5.90. The average Bonchev–Trinajstić information content (AvgIpc) is 2.53. The number of aryl methyl sites for hydroxylation is 1. The van der Waals surface area contributed by atoms with Gasteiger partial charge in [-0.15, -0.1) is 0 Å². The maximum Gasteiger partial charge on any atom is 0.272 e. The lowest BCUT2D eigenvalue weighted by atomic mass is 10.1. The van der Waals surface area contributed by atoms with E-state index in [2.05, 4.69) is 22.6 Å². The summed E-state index contributed by atoms with van der Waals surface area (Å²) in [5, 5.41) is 5.17. The molecular formula is C17H21N4O+. The molecule has 0 spiro atoms. The summed E-state index contributed by atoms with van der Waals surface area (Å²) in [6, 6.07) is 9.50. The molecule has 0 radical (unpaired) electrons. The van der Waals surface area contributed by atoms with Crippen molar-refractivity contribution in [1.29, 1.82) is 0 Å². The molecule has 1 aromatic heterocycles. The van der Waals surface area contributed by atoms with Crippen molar-refractivity contribution in [2.45, 2.75) is 19.8 Å². The van der Waals surface area contributed by atoms with Crippen LogP contribution in [0.5, 0.6) is 0 Å². The number of rotatable bonds is 2. The SMILES string of the molecule is Cc1cc(C(=O)NN=C2CC[NH+](C)CC2)c2ccccc2n1. The number of nitrogens with one attached hydrogen (secondary N) is 2. The molecule has 2 N–H and O–H groups in total. The summed E-state index contributed by atoms with van der Waals surface area (Å²) in [6.45, 7) is 4.05. The van der Waals surface area contributed by atoms with Crippen LogP contribution in [0, 0.1) is 6.92 Å². The van der Waals surface area contributed by atoms with Crippen molar-refractivity contribution in [2.75, 3.05) is 20.1 Å². The highest BCUT2D eigenvalue weighted by Gasteiger charge is 2.16. The van der Waals surface area contributed by atoms with Gasteiger partial charge in [0.1, 0.15) is 0 Å². The number of carbonyl (C=O) groups is 1. The fourth-order valence-corrected chi connectivity index (χ4v) is 2.76. The molecule has 1 aliphatic heterocycles. The van der Waals surface area contributed by atoms with Crippen LogP contribution in [0.25, 0.3) is 10.9 Å². The number of nitrogens with zero attached hydrogens (tertiary/aromatic N) is 2. The van der Waals surface area contributed by atoms with Crippen LogP contribution in [0.3, 0.4) is 0 Å². The second kappa shape index (κ2) is 6.23. The number of fused-ring (bicyclic) bond motifs is 1. The van der Waals surface area contributed by atoms with Gasteiger partial charge in [-0.2, -0.15) is 5.10 Å². The van der Waals surface area contributed by atoms with Crippen LogP contribution in [0.2, 0.25) is 0 Å². The third-order valence-electron chi connectivity index (χ3n) is 4.09. The molecule has 1 aliphatic rings. The molecule has 5 heteroatoms. The standard InChI is InChI=1S/C17H20N4O/c1-12-11-15(14-5-3-4-6-16(14)18-12)17(22)20-19-13-7-9-21(2)10-8-13/h3-6,11H,7-10H2,1-2H3,(H,20,22)/p+1. The number of benzene rings is 1. The lowest BCUT2D eigenvalue weighted by Crippen LogP contribution is -3.10. The maximum absolute atomic E-state index is 12.5. The largest absolute Gasteiger partial charge is 0.337 e. The van der Waals surface area contributed by atoms with E-state index in [1.165, 1.54) is 4.90 Å². The summed E-state index contributed by atoms with van der Waals surface area (Å²) >= 11 is 0. The van der Waals surface area contributed by atoms with Gasteiger partial charge in [-0.05, 0) is 19.1 Å². The van der Waals surface area contributed by atoms with Crippen molar-refractivity contribution in [2.24, 2.45) is 5.10 Å². The number of para-hydroxylation sites is 1. The Morgan fingerprint density at radius 2 is 2.00 bits per heavy atom. The molecule has 1 amide bonds. The number of quaternary nitrogens is 1. The van der Waals surface area contributed by atoms with E-state index in [1.54, 1.807) is 0 Å². The first-order valence-corrected chi connectivity index (χ1v) is 7.67. The minimum atomic E-state index is -0.166. The summed E-state index contributed by atoms with van der Waals surface area (Å²) in [7, 11) is 2.18. The number of aromatic nitrogens is 1. The number of amides is 1. The predicted molar refractivity (Wildman–Crippen MR) is 87.2 cm³/mol. The van der Waals surface area contributed by atoms with Crippen LogP contribution in [-0.2, 0) is 0 Å². The van der Waals surface area contributed by atoms with E-state index in [0.717, 1.165) is 48.2 Å². The van der Waals surface area contributed by atoms with E-state index in [1.807, 2.05) is 37.3 Å². The lowest BCUT2D eigenvalue weighted by molar-refractivity contribution is -0.880. The van der Waals surface area contributed by atoms with Gasteiger partial charge < -0.3 is 4.90 Å². The molecule has 2 aromatic rings. The molecule has 0 unspecified atom stereocenters. The number of hydrazone groups is 1. The molecule has 0 bridgehead atoms. The van der Waals surface area contributed by atoms with Gasteiger partial charge in [-0.1, -0.05) is 18.2 Å². The third kappa shape index (κ3) is 3.14. The Morgan fingerprint density at radius 1 is 1.27 bits per heavy atom. The van der Waals surface area contributed by atoms with E-state index in [0.29, 0.717) is 5.56 Å².